The molecule has 1 amide bonds. The largest absolute Gasteiger partial charge is 0.493 e. The summed E-state index contributed by atoms with van der Waals surface area (Å²) in [4.78, 5) is 18.3. The number of nitrogens with zero attached hydrogens (tertiary/aromatic N) is 2. The van der Waals surface area contributed by atoms with E-state index < -0.39 is 11.6 Å². The molecular weight excluding hydrogens is 474 g/mol. The van der Waals surface area contributed by atoms with Crippen molar-refractivity contribution < 1.29 is 23.0 Å². The second-order valence-corrected chi connectivity index (χ2v) is 10.2. The molecule has 1 atom stereocenters. The summed E-state index contributed by atoms with van der Waals surface area (Å²) >= 11 is 0. The highest BCUT2D eigenvalue weighted by Crippen LogP contribution is 2.31. The van der Waals surface area contributed by atoms with Gasteiger partial charge in [0.15, 0.2) is 11.5 Å². The lowest BCUT2D eigenvalue weighted by Crippen LogP contribution is -2.47. The van der Waals surface area contributed by atoms with Crippen LogP contribution in [0.2, 0.25) is 0 Å². The molecule has 0 radical (unpaired) electrons. The predicted molar refractivity (Wildman–Crippen MR) is 142 cm³/mol. The Bertz CT molecular complexity index is 1110. The number of halogens is 2. The Labute approximate surface area is 219 Å². The first-order chi connectivity index (χ1) is 17.9. The topological polar surface area (TPSA) is 42.0 Å². The maximum Gasteiger partial charge on any atom is 0.254 e. The highest BCUT2D eigenvalue weighted by atomic mass is 19.1. The van der Waals surface area contributed by atoms with E-state index in [1.807, 2.05) is 11.8 Å². The number of hydrogen-bond donors (Lipinski definition) is 0. The van der Waals surface area contributed by atoms with Gasteiger partial charge in [0.05, 0.1) is 14.2 Å². The minimum Gasteiger partial charge on any atom is -0.493 e. The van der Waals surface area contributed by atoms with Crippen LogP contribution >= 0.6 is 0 Å². The number of likely N-dealkylation sites (tertiary alicyclic amines) is 1. The quantitative estimate of drug-likeness (QED) is 0.394. The number of hydrogen-bond acceptors (Lipinski definition) is 4. The molecule has 0 unspecified atom stereocenters. The fraction of sp³-hybridized carbons (Fsp3) is 0.500. The molecule has 0 N–H and O–H groups in total. The van der Waals surface area contributed by atoms with Crippen LogP contribution in [-0.4, -0.2) is 61.6 Å². The van der Waals surface area contributed by atoms with Crippen LogP contribution in [0.4, 0.5) is 8.78 Å². The van der Waals surface area contributed by atoms with Gasteiger partial charge >= 0.3 is 0 Å². The zero-order valence-corrected chi connectivity index (χ0v) is 22.1. The van der Waals surface area contributed by atoms with Gasteiger partial charge in [-0.25, -0.2) is 8.78 Å². The molecule has 4 rings (SSSR count). The molecule has 0 spiro atoms. The van der Waals surface area contributed by atoms with E-state index in [9.17, 15) is 13.6 Å². The van der Waals surface area contributed by atoms with Gasteiger partial charge in [-0.15, -0.1) is 0 Å². The molecule has 1 aliphatic carbocycles. The highest BCUT2D eigenvalue weighted by molar-refractivity contribution is 5.95. The molecule has 2 aliphatic rings. The van der Waals surface area contributed by atoms with Crippen molar-refractivity contribution in [3.8, 4) is 11.5 Å². The van der Waals surface area contributed by atoms with Gasteiger partial charge in [-0.1, -0.05) is 30.9 Å². The van der Waals surface area contributed by atoms with E-state index in [2.05, 4.69) is 4.90 Å². The molecule has 1 heterocycles. The first-order valence-electron chi connectivity index (χ1n) is 13.3. The number of carbonyl (C=O) groups is 1. The van der Waals surface area contributed by atoms with E-state index in [1.165, 1.54) is 44.2 Å². The molecule has 1 saturated heterocycles. The summed E-state index contributed by atoms with van der Waals surface area (Å²) in [5.41, 5.74) is 1.64. The fourth-order valence-electron chi connectivity index (χ4n) is 5.80. The summed E-state index contributed by atoms with van der Waals surface area (Å²) in [6.45, 7) is 3.90. The Kier molecular flexibility index (Phi) is 9.19. The van der Waals surface area contributed by atoms with Crippen LogP contribution in [0.3, 0.4) is 0 Å². The van der Waals surface area contributed by atoms with E-state index in [4.69, 9.17) is 9.47 Å². The smallest absolute Gasteiger partial charge is 0.254 e. The predicted octanol–water partition coefficient (Wildman–Crippen LogP) is 6.32. The minimum absolute atomic E-state index is 0.108. The van der Waals surface area contributed by atoms with Crippen LogP contribution in [0.1, 0.15) is 67.8 Å². The molecule has 7 heteroatoms. The van der Waals surface area contributed by atoms with Crippen molar-refractivity contribution in [2.45, 2.75) is 64.0 Å². The Morgan fingerprint density at radius 2 is 1.76 bits per heavy atom. The van der Waals surface area contributed by atoms with Crippen molar-refractivity contribution in [1.29, 1.82) is 0 Å². The van der Waals surface area contributed by atoms with Gasteiger partial charge in [0.2, 0.25) is 0 Å². The second kappa shape index (κ2) is 12.5. The van der Waals surface area contributed by atoms with E-state index in [1.54, 1.807) is 38.5 Å². The van der Waals surface area contributed by atoms with Crippen LogP contribution in [0.5, 0.6) is 11.5 Å². The van der Waals surface area contributed by atoms with Gasteiger partial charge in [0.1, 0.15) is 11.6 Å². The molecular formula is C30H38F2N2O3. The summed E-state index contributed by atoms with van der Waals surface area (Å²) in [5, 5.41) is 0. The SMILES string of the molecule is COc1ccc(C(=O)N(C/C(C)=C/c2ccc(F)cc2F)C[C@@H]2CCCN2C2CCCCC2)cc1OC. The minimum atomic E-state index is -0.614. The summed E-state index contributed by atoms with van der Waals surface area (Å²) in [6, 6.07) is 9.64. The van der Waals surface area contributed by atoms with Gasteiger partial charge in [0.25, 0.3) is 5.91 Å². The van der Waals surface area contributed by atoms with E-state index in [-0.39, 0.29) is 5.91 Å². The Morgan fingerprint density at radius 3 is 2.46 bits per heavy atom. The van der Waals surface area contributed by atoms with Crippen LogP contribution in [0, 0.1) is 11.6 Å². The van der Waals surface area contributed by atoms with Crippen LogP contribution < -0.4 is 9.47 Å². The van der Waals surface area contributed by atoms with Crippen molar-refractivity contribution in [3.63, 3.8) is 0 Å². The summed E-state index contributed by atoms with van der Waals surface area (Å²) < 4.78 is 38.5. The molecule has 0 bridgehead atoms. The van der Waals surface area contributed by atoms with Crippen LogP contribution in [0.25, 0.3) is 6.08 Å². The molecule has 2 aromatic carbocycles. The maximum atomic E-state index is 14.3. The monoisotopic (exact) mass is 512 g/mol. The van der Waals surface area contributed by atoms with Gasteiger partial charge in [-0.05, 0) is 69.5 Å². The molecule has 37 heavy (non-hydrogen) atoms. The Balaban J connectivity index is 1.59. The van der Waals surface area contributed by atoms with Crippen molar-refractivity contribution in [1.82, 2.24) is 9.80 Å². The normalized spacial score (nSPS) is 19.2. The molecule has 2 aromatic rings. The summed E-state index contributed by atoms with van der Waals surface area (Å²) in [7, 11) is 3.11. The van der Waals surface area contributed by atoms with Crippen molar-refractivity contribution in [2.75, 3.05) is 33.9 Å². The van der Waals surface area contributed by atoms with Crippen molar-refractivity contribution in [2.24, 2.45) is 0 Å². The molecule has 1 saturated carbocycles. The first kappa shape index (κ1) is 27.1. The van der Waals surface area contributed by atoms with Gasteiger partial charge < -0.3 is 14.4 Å². The molecule has 200 valence electrons. The van der Waals surface area contributed by atoms with Crippen LogP contribution in [0.15, 0.2) is 42.0 Å². The summed E-state index contributed by atoms with van der Waals surface area (Å²) in [5.74, 6) is -0.270. The third-order valence-corrected chi connectivity index (χ3v) is 7.62. The second-order valence-electron chi connectivity index (χ2n) is 10.2. The Hall–Kier alpha value is -2.93. The van der Waals surface area contributed by atoms with Gasteiger partial charge in [-0.3, -0.25) is 9.69 Å². The molecule has 0 aromatic heterocycles. The van der Waals surface area contributed by atoms with E-state index in [0.29, 0.717) is 47.8 Å². The lowest BCUT2D eigenvalue weighted by molar-refractivity contribution is 0.0671. The average Bonchev–Trinajstić information content (AvgIpc) is 3.37. The van der Waals surface area contributed by atoms with Gasteiger partial charge in [0, 0.05) is 42.4 Å². The lowest BCUT2D eigenvalue weighted by Gasteiger charge is -2.38. The van der Waals surface area contributed by atoms with E-state index in [0.717, 1.165) is 31.0 Å². The van der Waals surface area contributed by atoms with Gasteiger partial charge in [-0.2, -0.15) is 0 Å². The number of benzene rings is 2. The first-order valence-corrected chi connectivity index (χ1v) is 13.3. The number of ether oxygens (including phenoxy) is 2. The molecule has 5 nitrogen and oxygen atoms in total. The van der Waals surface area contributed by atoms with Crippen molar-refractivity contribution in [3.05, 3.63) is 64.7 Å². The lowest BCUT2D eigenvalue weighted by atomic mass is 9.93. The third kappa shape index (κ3) is 6.69. The highest BCUT2D eigenvalue weighted by Gasteiger charge is 2.33. The zero-order chi connectivity index (χ0) is 26.4. The van der Waals surface area contributed by atoms with Crippen molar-refractivity contribution >= 4 is 12.0 Å². The number of methoxy groups -OCH3 is 2. The Morgan fingerprint density at radius 1 is 1.00 bits per heavy atom. The fourth-order valence-corrected chi connectivity index (χ4v) is 5.80. The maximum absolute atomic E-state index is 14.3. The number of carbonyl (C=O) groups excluding carboxylic acids is 1. The number of amides is 1. The molecule has 2 fully saturated rings. The van der Waals surface area contributed by atoms with Crippen LogP contribution in [-0.2, 0) is 0 Å². The van der Waals surface area contributed by atoms with E-state index >= 15 is 0 Å². The zero-order valence-electron chi connectivity index (χ0n) is 22.1. The summed E-state index contributed by atoms with van der Waals surface area (Å²) in [6.07, 6.45) is 10.2. The number of rotatable bonds is 9. The third-order valence-electron chi connectivity index (χ3n) is 7.62. The molecule has 1 aliphatic heterocycles. The standard InChI is InChI=1S/C30H38F2N2O3/c1-21(16-22-11-13-24(31)18-27(22)32)19-33(30(35)23-12-14-28(36-2)29(17-23)37-3)20-26-10-7-15-34(26)25-8-5-4-6-9-25/h11-14,16-18,25-26H,4-10,15,19-20H2,1-3H3/b21-16+/t26-/m0/s1. The average molecular weight is 513 g/mol.